The van der Waals surface area contributed by atoms with Crippen LogP contribution in [0.2, 0.25) is 5.15 Å². The second-order valence-corrected chi connectivity index (χ2v) is 7.02. The largest absolute Gasteiger partial charge is 0.279 e. The fourth-order valence-corrected chi connectivity index (χ4v) is 4.25. The van der Waals surface area contributed by atoms with Crippen molar-refractivity contribution in [2.75, 3.05) is 0 Å². The van der Waals surface area contributed by atoms with Gasteiger partial charge in [0.25, 0.3) is 10.0 Å². The number of imidazole rings is 1. The Hall–Kier alpha value is -1.42. The van der Waals surface area contributed by atoms with Gasteiger partial charge in [0.1, 0.15) is 0 Å². The fourth-order valence-electron chi connectivity index (χ4n) is 1.79. The first-order chi connectivity index (χ1) is 9.47. The first-order valence-corrected chi connectivity index (χ1v) is 8.30. The molecule has 0 amide bonds. The zero-order chi connectivity index (χ0) is 14.3. The van der Waals surface area contributed by atoms with Gasteiger partial charge in [0.05, 0.1) is 6.20 Å². The van der Waals surface area contributed by atoms with Gasteiger partial charge in [-0.3, -0.25) is 9.08 Å². The zero-order valence-electron chi connectivity index (χ0n) is 10.3. The highest BCUT2D eigenvalue weighted by Gasteiger charge is 2.24. The Morgan fingerprint density at radius 2 is 2.30 bits per heavy atom. The molecule has 20 heavy (non-hydrogen) atoms. The minimum atomic E-state index is -3.74. The maximum absolute atomic E-state index is 12.3. The molecular formula is C10H10ClN5O2S2. The van der Waals surface area contributed by atoms with E-state index in [2.05, 4.69) is 14.8 Å². The third kappa shape index (κ3) is 2.33. The van der Waals surface area contributed by atoms with Crippen LogP contribution in [0, 0.1) is 0 Å². The van der Waals surface area contributed by atoms with Crippen molar-refractivity contribution in [1.82, 2.24) is 23.9 Å². The van der Waals surface area contributed by atoms with E-state index in [4.69, 9.17) is 11.6 Å². The van der Waals surface area contributed by atoms with Crippen LogP contribution < -0.4 is 4.72 Å². The number of sulfonamides is 1. The summed E-state index contributed by atoms with van der Waals surface area (Å²) in [6.45, 7) is 0.143. The standard InChI is InChI=1S/C10H10ClN5O2S2/c1-15-6-7(4-12-15)5-13-20(17,18)9-8(11)14-10-16(9)2-3-19-10/h2-4,6,13H,5H2,1H3. The Balaban J connectivity index is 1.91. The fraction of sp³-hybridized carbons (Fsp3) is 0.200. The molecule has 0 saturated carbocycles. The summed E-state index contributed by atoms with van der Waals surface area (Å²) >= 11 is 7.24. The molecule has 0 fully saturated rings. The van der Waals surface area contributed by atoms with Crippen LogP contribution in [0.5, 0.6) is 0 Å². The molecule has 0 radical (unpaired) electrons. The molecule has 0 aliphatic carbocycles. The molecule has 3 rings (SSSR count). The van der Waals surface area contributed by atoms with E-state index < -0.39 is 10.0 Å². The molecule has 3 aromatic heterocycles. The number of halogens is 1. The second kappa shape index (κ2) is 4.85. The van der Waals surface area contributed by atoms with E-state index in [1.807, 2.05) is 0 Å². The van der Waals surface area contributed by atoms with Crippen molar-refractivity contribution >= 4 is 37.9 Å². The summed E-state index contributed by atoms with van der Waals surface area (Å²) in [4.78, 5) is 4.55. The molecule has 3 aromatic rings. The Morgan fingerprint density at radius 3 is 3.00 bits per heavy atom. The molecule has 106 valence electrons. The number of aryl methyl sites for hydroxylation is 1. The summed E-state index contributed by atoms with van der Waals surface area (Å²) in [5.41, 5.74) is 0.762. The minimum Gasteiger partial charge on any atom is -0.279 e. The number of nitrogens with zero attached hydrogens (tertiary/aromatic N) is 4. The predicted octanol–water partition coefficient (Wildman–Crippen LogP) is 1.26. The monoisotopic (exact) mass is 331 g/mol. The topological polar surface area (TPSA) is 81.3 Å². The van der Waals surface area contributed by atoms with Gasteiger partial charge in [0, 0.05) is 36.9 Å². The maximum atomic E-state index is 12.3. The van der Waals surface area contributed by atoms with Crippen molar-refractivity contribution in [3.63, 3.8) is 0 Å². The summed E-state index contributed by atoms with van der Waals surface area (Å²) in [7, 11) is -1.98. The molecule has 0 spiro atoms. The predicted molar refractivity (Wildman–Crippen MR) is 75.3 cm³/mol. The number of aromatic nitrogens is 4. The van der Waals surface area contributed by atoms with Crippen molar-refractivity contribution in [2.24, 2.45) is 7.05 Å². The van der Waals surface area contributed by atoms with Crippen LogP contribution in [0.3, 0.4) is 0 Å². The van der Waals surface area contributed by atoms with Gasteiger partial charge in [-0.2, -0.15) is 5.10 Å². The Bertz CT molecular complexity index is 863. The molecule has 0 unspecified atom stereocenters. The lowest BCUT2D eigenvalue weighted by Crippen LogP contribution is -2.24. The van der Waals surface area contributed by atoms with E-state index in [1.54, 1.807) is 35.7 Å². The van der Waals surface area contributed by atoms with Gasteiger partial charge < -0.3 is 0 Å². The van der Waals surface area contributed by atoms with Gasteiger partial charge in [-0.1, -0.05) is 11.6 Å². The molecule has 0 aliphatic heterocycles. The van der Waals surface area contributed by atoms with E-state index in [-0.39, 0.29) is 16.7 Å². The third-order valence-electron chi connectivity index (χ3n) is 2.66. The van der Waals surface area contributed by atoms with Crippen molar-refractivity contribution in [2.45, 2.75) is 11.6 Å². The summed E-state index contributed by atoms with van der Waals surface area (Å²) in [6.07, 6.45) is 4.96. The molecule has 0 saturated heterocycles. The van der Waals surface area contributed by atoms with Crippen LogP contribution in [0.1, 0.15) is 5.56 Å². The van der Waals surface area contributed by atoms with E-state index in [9.17, 15) is 8.42 Å². The summed E-state index contributed by atoms with van der Waals surface area (Å²) in [6, 6.07) is 0. The van der Waals surface area contributed by atoms with Gasteiger partial charge in [0.2, 0.25) is 0 Å². The first-order valence-electron chi connectivity index (χ1n) is 5.55. The Labute approximate surface area is 123 Å². The normalized spacial score (nSPS) is 12.3. The van der Waals surface area contributed by atoms with Gasteiger partial charge in [-0.25, -0.2) is 18.1 Å². The second-order valence-electron chi connectivity index (χ2n) is 4.11. The highest BCUT2D eigenvalue weighted by Crippen LogP contribution is 2.25. The van der Waals surface area contributed by atoms with Gasteiger partial charge in [0.15, 0.2) is 15.1 Å². The number of thiazole rings is 1. The molecule has 10 heteroatoms. The quantitative estimate of drug-likeness (QED) is 0.780. The van der Waals surface area contributed by atoms with Crippen molar-refractivity contribution in [3.8, 4) is 0 Å². The lowest BCUT2D eigenvalue weighted by Gasteiger charge is -2.04. The van der Waals surface area contributed by atoms with Crippen LogP contribution in [-0.4, -0.2) is 27.6 Å². The minimum absolute atomic E-state index is 0.0319. The van der Waals surface area contributed by atoms with Gasteiger partial charge >= 0.3 is 0 Å². The average molecular weight is 332 g/mol. The van der Waals surface area contributed by atoms with Crippen molar-refractivity contribution < 1.29 is 8.42 Å². The molecule has 0 aliphatic rings. The lowest BCUT2D eigenvalue weighted by atomic mass is 10.4. The van der Waals surface area contributed by atoms with E-state index in [0.717, 1.165) is 5.56 Å². The van der Waals surface area contributed by atoms with Gasteiger partial charge in [-0.05, 0) is 0 Å². The Morgan fingerprint density at radius 1 is 1.50 bits per heavy atom. The maximum Gasteiger partial charge on any atom is 0.260 e. The average Bonchev–Trinajstić information content (AvgIpc) is 3.02. The molecular weight excluding hydrogens is 322 g/mol. The van der Waals surface area contributed by atoms with Crippen LogP contribution in [-0.2, 0) is 23.6 Å². The van der Waals surface area contributed by atoms with Gasteiger partial charge in [-0.15, -0.1) is 11.3 Å². The molecule has 0 bridgehead atoms. The van der Waals surface area contributed by atoms with E-state index in [1.165, 1.54) is 15.7 Å². The lowest BCUT2D eigenvalue weighted by molar-refractivity contribution is 0.576. The first kappa shape index (κ1) is 13.6. The van der Waals surface area contributed by atoms with E-state index in [0.29, 0.717) is 4.96 Å². The summed E-state index contributed by atoms with van der Waals surface area (Å²) in [5, 5.41) is 5.65. The summed E-state index contributed by atoms with van der Waals surface area (Å²) < 4.78 is 30.2. The smallest absolute Gasteiger partial charge is 0.260 e. The SMILES string of the molecule is Cn1cc(CNS(=O)(=O)c2c(Cl)nc3sccn23)cn1. The van der Waals surface area contributed by atoms with Crippen LogP contribution in [0.25, 0.3) is 4.96 Å². The van der Waals surface area contributed by atoms with Crippen LogP contribution in [0.15, 0.2) is 29.0 Å². The molecule has 1 N–H and O–H groups in total. The Kier molecular flexibility index (Phi) is 3.28. The molecule has 0 atom stereocenters. The highest BCUT2D eigenvalue weighted by molar-refractivity contribution is 7.89. The molecule has 7 nitrogen and oxygen atoms in total. The number of rotatable bonds is 4. The van der Waals surface area contributed by atoms with Crippen LogP contribution in [0.4, 0.5) is 0 Å². The number of hydrogen-bond acceptors (Lipinski definition) is 5. The van der Waals surface area contributed by atoms with Crippen molar-refractivity contribution in [3.05, 3.63) is 34.7 Å². The van der Waals surface area contributed by atoms with E-state index >= 15 is 0 Å². The van der Waals surface area contributed by atoms with Crippen LogP contribution >= 0.6 is 22.9 Å². The zero-order valence-corrected chi connectivity index (χ0v) is 12.7. The molecule has 0 aromatic carbocycles. The summed E-state index contributed by atoms with van der Waals surface area (Å²) in [5.74, 6) is 0. The highest BCUT2D eigenvalue weighted by atomic mass is 35.5. The van der Waals surface area contributed by atoms with Crippen molar-refractivity contribution in [1.29, 1.82) is 0 Å². The third-order valence-corrected chi connectivity index (χ3v) is 5.21. The molecule has 3 heterocycles. The number of fused-ring (bicyclic) bond motifs is 1. The number of hydrogen-bond donors (Lipinski definition) is 1. The number of nitrogens with one attached hydrogen (secondary N) is 1.